The SMILES string of the molecule is CCC1(C(=O)NC2CCCCCC2C)CCCNC1. The number of nitrogens with one attached hydrogen (secondary N) is 2. The molecule has 2 rings (SSSR count). The molecule has 0 spiro atoms. The van der Waals surface area contributed by atoms with Crippen LogP contribution in [0, 0.1) is 11.3 Å². The number of amides is 1. The van der Waals surface area contributed by atoms with Crippen LogP contribution in [0.1, 0.15) is 65.2 Å². The predicted molar refractivity (Wildman–Crippen MR) is 79.0 cm³/mol. The van der Waals surface area contributed by atoms with E-state index in [9.17, 15) is 4.79 Å². The van der Waals surface area contributed by atoms with Crippen LogP contribution in [0.2, 0.25) is 0 Å². The summed E-state index contributed by atoms with van der Waals surface area (Å²) in [6.45, 7) is 6.38. The normalized spacial score (nSPS) is 36.5. The molecule has 3 nitrogen and oxygen atoms in total. The van der Waals surface area contributed by atoms with Crippen LogP contribution in [-0.4, -0.2) is 25.0 Å². The van der Waals surface area contributed by atoms with Crippen LogP contribution in [0.15, 0.2) is 0 Å². The van der Waals surface area contributed by atoms with E-state index >= 15 is 0 Å². The van der Waals surface area contributed by atoms with Crippen LogP contribution in [0.25, 0.3) is 0 Å². The summed E-state index contributed by atoms with van der Waals surface area (Å²) in [6, 6.07) is 0.403. The molecule has 1 heterocycles. The van der Waals surface area contributed by atoms with Crippen molar-refractivity contribution in [3.8, 4) is 0 Å². The zero-order valence-corrected chi connectivity index (χ0v) is 12.6. The largest absolute Gasteiger partial charge is 0.353 e. The van der Waals surface area contributed by atoms with E-state index in [2.05, 4.69) is 24.5 Å². The van der Waals surface area contributed by atoms with Gasteiger partial charge in [-0.2, -0.15) is 0 Å². The molecule has 2 aliphatic rings. The Bertz CT molecular complexity index is 297. The average molecular weight is 266 g/mol. The summed E-state index contributed by atoms with van der Waals surface area (Å²) in [5.74, 6) is 0.942. The topological polar surface area (TPSA) is 41.1 Å². The fourth-order valence-electron chi connectivity index (χ4n) is 3.65. The van der Waals surface area contributed by atoms with Crippen LogP contribution in [0.5, 0.6) is 0 Å². The third-order valence-corrected chi connectivity index (χ3v) is 5.31. The Morgan fingerprint density at radius 3 is 2.74 bits per heavy atom. The van der Waals surface area contributed by atoms with E-state index < -0.39 is 0 Å². The lowest BCUT2D eigenvalue weighted by atomic mass is 9.77. The van der Waals surface area contributed by atoms with Crippen molar-refractivity contribution < 1.29 is 4.79 Å². The molecular weight excluding hydrogens is 236 g/mol. The van der Waals surface area contributed by atoms with Crippen LogP contribution in [0.4, 0.5) is 0 Å². The molecule has 0 aromatic heterocycles. The minimum Gasteiger partial charge on any atom is -0.353 e. The van der Waals surface area contributed by atoms with Crippen molar-refractivity contribution in [1.82, 2.24) is 10.6 Å². The maximum Gasteiger partial charge on any atom is 0.227 e. The molecule has 1 saturated carbocycles. The first-order valence-corrected chi connectivity index (χ1v) is 8.19. The predicted octanol–water partition coefficient (Wildman–Crippen LogP) is 2.85. The van der Waals surface area contributed by atoms with Gasteiger partial charge in [-0.15, -0.1) is 0 Å². The average Bonchev–Trinajstić information content (AvgIpc) is 2.65. The molecule has 3 atom stereocenters. The van der Waals surface area contributed by atoms with Gasteiger partial charge in [0, 0.05) is 12.6 Å². The highest BCUT2D eigenvalue weighted by Crippen LogP contribution is 2.31. The Morgan fingerprint density at radius 2 is 2.05 bits per heavy atom. The standard InChI is InChI=1S/C16H30N2O/c1-3-16(10-7-11-17-12-16)15(19)18-14-9-6-4-5-8-13(14)2/h13-14,17H,3-12H2,1-2H3,(H,18,19). The quantitative estimate of drug-likeness (QED) is 0.771. The maximum absolute atomic E-state index is 12.7. The van der Waals surface area contributed by atoms with Gasteiger partial charge in [-0.05, 0) is 44.6 Å². The number of piperidine rings is 1. The Kier molecular flexibility index (Phi) is 5.26. The van der Waals surface area contributed by atoms with E-state index in [0.717, 1.165) is 32.4 Å². The lowest BCUT2D eigenvalue weighted by Gasteiger charge is -2.37. The second-order valence-corrected chi connectivity index (χ2v) is 6.61. The molecule has 0 radical (unpaired) electrons. The van der Waals surface area contributed by atoms with Gasteiger partial charge in [0.05, 0.1) is 5.41 Å². The number of carbonyl (C=O) groups is 1. The first-order valence-electron chi connectivity index (χ1n) is 8.19. The summed E-state index contributed by atoms with van der Waals surface area (Å²) in [5, 5.41) is 6.80. The smallest absolute Gasteiger partial charge is 0.227 e. The van der Waals surface area contributed by atoms with Gasteiger partial charge in [0.15, 0.2) is 0 Å². The van der Waals surface area contributed by atoms with E-state index in [1.165, 1.54) is 32.1 Å². The van der Waals surface area contributed by atoms with Crippen LogP contribution in [-0.2, 0) is 4.79 Å². The molecule has 1 aliphatic carbocycles. The summed E-state index contributed by atoms with van der Waals surface area (Å²) in [6.07, 6.45) is 9.48. The second kappa shape index (κ2) is 6.74. The van der Waals surface area contributed by atoms with E-state index in [0.29, 0.717) is 17.9 Å². The molecule has 1 aliphatic heterocycles. The zero-order valence-electron chi connectivity index (χ0n) is 12.6. The van der Waals surface area contributed by atoms with Gasteiger partial charge < -0.3 is 10.6 Å². The lowest BCUT2D eigenvalue weighted by molar-refractivity contribution is -0.133. The van der Waals surface area contributed by atoms with Crippen LogP contribution < -0.4 is 10.6 Å². The second-order valence-electron chi connectivity index (χ2n) is 6.61. The summed E-state index contributed by atoms with van der Waals surface area (Å²) in [4.78, 5) is 12.7. The molecule has 0 aromatic rings. The first kappa shape index (κ1) is 14.8. The van der Waals surface area contributed by atoms with Crippen molar-refractivity contribution in [2.24, 2.45) is 11.3 Å². The first-order chi connectivity index (χ1) is 9.18. The van der Waals surface area contributed by atoms with E-state index in [1.54, 1.807) is 0 Å². The minimum absolute atomic E-state index is 0.149. The van der Waals surface area contributed by atoms with E-state index in [1.807, 2.05) is 0 Å². The van der Waals surface area contributed by atoms with Gasteiger partial charge in [0.25, 0.3) is 0 Å². The molecule has 0 aromatic carbocycles. The molecule has 19 heavy (non-hydrogen) atoms. The third kappa shape index (κ3) is 3.50. The molecular formula is C16H30N2O. The van der Waals surface area contributed by atoms with Crippen molar-refractivity contribution in [1.29, 1.82) is 0 Å². The van der Waals surface area contributed by atoms with E-state index in [-0.39, 0.29) is 5.41 Å². The van der Waals surface area contributed by atoms with Gasteiger partial charge in [0.2, 0.25) is 5.91 Å². The number of hydrogen-bond acceptors (Lipinski definition) is 2. The molecule has 2 fully saturated rings. The van der Waals surface area contributed by atoms with Crippen LogP contribution in [0.3, 0.4) is 0 Å². The molecule has 0 bridgehead atoms. The summed E-state index contributed by atoms with van der Waals surface area (Å²) in [7, 11) is 0. The van der Waals surface area contributed by atoms with Crippen molar-refractivity contribution in [2.75, 3.05) is 13.1 Å². The van der Waals surface area contributed by atoms with Crippen molar-refractivity contribution in [3.05, 3.63) is 0 Å². The molecule has 3 unspecified atom stereocenters. The fraction of sp³-hybridized carbons (Fsp3) is 0.938. The molecule has 110 valence electrons. The summed E-state index contributed by atoms with van der Waals surface area (Å²) < 4.78 is 0. The van der Waals surface area contributed by atoms with E-state index in [4.69, 9.17) is 0 Å². The molecule has 1 amide bonds. The van der Waals surface area contributed by atoms with Gasteiger partial charge in [-0.3, -0.25) is 4.79 Å². The lowest BCUT2D eigenvalue weighted by Crippen LogP contribution is -2.53. The minimum atomic E-state index is -0.149. The Balaban J connectivity index is 1.97. The Labute approximate surface area is 117 Å². The number of hydrogen-bond donors (Lipinski definition) is 2. The molecule has 3 heteroatoms. The highest BCUT2D eigenvalue weighted by Gasteiger charge is 2.39. The molecule has 1 saturated heterocycles. The highest BCUT2D eigenvalue weighted by molar-refractivity contribution is 5.83. The molecule has 2 N–H and O–H groups in total. The third-order valence-electron chi connectivity index (χ3n) is 5.31. The van der Waals surface area contributed by atoms with Gasteiger partial charge in [-0.25, -0.2) is 0 Å². The zero-order chi connectivity index (χ0) is 13.7. The fourth-order valence-corrected chi connectivity index (χ4v) is 3.65. The monoisotopic (exact) mass is 266 g/mol. The summed E-state index contributed by atoms with van der Waals surface area (Å²) >= 11 is 0. The van der Waals surface area contributed by atoms with Crippen molar-refractivity contribution >= 4 is 5.91 Å². The van der Waals surface area contributed by atoms with Gasteiger partial charge >= 0.3 is 0 Å². The van der Waals surface area contributed by atoms with Gasteiger partial charge in [-0.1, -0.05) is 33.1 Å². The van der Waals surface area contributed by atoms with Crippen LogP contribution >= 0.6 is 0 Å². The highest BCUT2D eigenvalue weighted by atomic mass is 16.2. The number of carbonyl (C=O) groups excluding carboxylic acids is 1. The van der Waals surface area contributed by atoms with Crippen molar-refractivity contribution in [3.63, 3.8) is 0 Å². The van der Waals surface area contributed by atoms with Gasteiger partial charge in [0.1, 0.15) is 0 Å². The Morgan fingerprint density at radius 1 is 1.26 bits per heavy atom. The maximum atomic E-state index is 12.7. The summed E-state index contributed by atoms with van der Waals surface area (Å²) in [5.41, 5.74) is -0.149. The number of rotatable bonds is 3. The Hall–Kier alpha value is -0.570. The van der Waals surface area contributed by atoms with Crippen molar-refractivity contribution in [2.45, 2.75) is 71.3 Å².